The normalized spacial score (nSPS) is 22.6. The Hall–Kier alpha value is -0.130. The van der Waals surface area contributed by atoms with Gasteiger partial charge in [-0.15, -0.1) is 0 Å². The minimum Gasteiger partial charge on any atom is -0.315 e. The van der Waals surface area contributed by atoms with Crippen LogP contribution in [0.2, 0.25) is 0 Å². The maximum atomic E-state index is 12.2. The molecule has 4 nitrogen and oxygen atoms in total. The van der Waals surface area contributed by atoms with Crippen molar-refractivity contribution < 1.29 is 8.42 Å². The second-order valence-corrected chi connectivity index (χ2v) is 7.67. The van der Waals surface area contributed by atoms with Crippen LogP contribution in [-0.4, -0.2) is 44.2 Å². The van der Waals surface area contributed by atoms with E-state index in [0.29, 0.717) is 18.9 Å². The van der Waals surface area contributed by atoms with Gasteiger partial charge in [0.1, 0.15) is 0 Å². The van der Waals surface area contributed by atoms with E-state index < -0.39 is 10.0 Å². The Morgan fingerprint density at radius 2 is 2.06 bits per heavy atom. The van der Waals surface area contributed by atoms with E-state index >= 15 is 0 Å². The smallest absolute Gasteiger partial charge is 0.214 e. The van der Waals surface area contributed by atoms with Gasteiger partial charge in [-0.2, -0.15) is 4.31 Å². The molecule has 1 heterocycles. The highest BCUT2D eigenvalue weighted by molar-refractivity contribution is 7.89. The van der Waals surface area contributed by atoms with E-state index in [1.165, 1.54) is 0 Å². The molecule has 1 atom stereocenters. The molecule has 1 N–H and O–H groups in total. The summed E-state index contributed by atoms with van der Waals surface area (Å²) in [5.74, 6) is 0.891. The van der Waals surface area contributed by atoms with Crippen LogP contribution in [0, 0.1) is 5.92 Å². The van der Waals surface area contributed by atoms with Crippen molar-refractivity contribution in [3.05, 3.63) is 0 Å². The first-order valence-corrected chi connectivity index (χ1v) is 8.78. The number of sulfonamides is 1. The Kier molecular flexibility index (Phi) is 6.60. The summed E-state index contributed by atoms with van der Waals surface area (Å²) < 4.78 is 26.1. The lowest BCUT2D eigenvalue weighted by Crippen LogP contribution is -2.49. The fourth-order valence-corrected chi connectivity index (χ4v) is 4.25. The summed E-state index contributed by atoms with van der Waals surface area (Å²) in [5, 5.41) is 3.39. The zero-order valence-electron chi connectivity index (χ0n) is 12.0. The van der Waals surface area contributed by atoms with Crippen molar-refractivity contribution in [3.63, 3.8) is 0 Å². The van der Waals surface area contributed by atoms with Crippen LogP contribution in [0.25, 0.3) is 0 Å². The Labute approximate surface area is 112 Å². The maximum Gasteiger partial charge on any atom is 0.214 e. The van der Waals surface area contributed by atoms with Crippen LogP contribution in [0.5, 0.6) is 0 Å². The molecule has 0 amide bonds. The van der Waals surface area contributed by atoms with Gasteiger partial charge in [-0.05, 0) is 31.7 Å². The topological polar surface area (TPSA) is 49.4 Å². The molecule has 1 fully saturated rings. The largest absolute Gasteiger partial charge is 0.315 e. The van der Waals surface area contributed by atoms with Crippen LogP contribution in [0.3, 0.4) is 0 Å². The van der Waals surface area contributed by atoms with Crippen LogP contribution in [-0.2, 0) is 10.0 Å². The van der Waals surface area contributed by atoms with E-state index in [1.807, 2.05) is 6.92 Å². The van der Waals surface area contributed by atoms with Crippen LogP contribution in [0.15, 0.2) is 0 Å². The summed E-state index contributed by atoms with van der Waals surface area (Å²) >= 11 is 0. The van der Waals surface area contributed by atoms with E-state index in [4.69, 9.17) is 0 Å². The zero-order chi connectivity index (χ0) is 13.6. The Morgan fingerprint density at radius 3 is 2.67 bits per heavy atom. The predicted molar refractivity (Wildman–Crippen MR) is 76.1 cm³/mol. The molecule has 1 saturated heterocycles. The monoisotopic (exact) mass is 276 g/mol. The van der Waals surface area contributed by atoms with Crippen LogP contribution in [0.1, 0.15) is 46.5 Å². The molecule has 1 aliphatic rings. The first-order valence-electron chi connectivity index (χ1n) is 7.17. The Morgan fingerprint density at radius 1 is 1.33 bits per heavy atom. The van der Waals surface area contributed by atoms with Crippen LogP contribution in [0.4, 0.5) is 0 Å². The molecule has 5 heteroatoms. The van der Waals surface area contributed by atoms with Crippen LogP contribution >= 0.6 is 0 Å². The Balaban J connectivity index is 2.57. The zero-order valence-corrected chi connectivity index (χ0v) is 12.8. The average molecular weight is 276 g/mol. The molecular formula is C13H28N2O2S. The number of rotatable bonds is 7. The number of nitrogens with one attached hydrogen (secondary N) is 1. The van der Waals surface area contributed by atoms with Gasteiger partial charge in [0.05, 0.1) is 5.75 Å². The summed E-state index contributed by atoms with van der Waals surface area (Å²) in [6.07, 6.45) is 3.84. The van der Waals surface area contributed by atoms with Crippen LogP contribution < -0.4 is 5.32 Å². The van der Waals surface area contributed by atoms with Gasteiger partial charge in [-0.3, -0.25) is 0 Å². The van der Waals surface area contributed by atoms with E-state index in [1.54, 1.807) is 4.31 Å². The number of hydrogen-bond donors (Lipinski definition) is 1. The van der Waals surface area contributed by atoms with E-state index in [-0.39, 0.29) is 11.8 Å². The second-order valence-electron chi connectivity index (χ2n) is 5.63. The van der Waals surface area contributed by atoms with Gasteiger partial charge in [-0.25, -0.2) is 8.42 Å². The summed E-state index contributed by atoms with van der Waals surface area (Å²) in [7, 11) is -3.04. The van der Waals surface area contributed by atoms with Gasteiger partial charge in [0.2, 0.25) is 10.0 Å². The predicted octanol–water partition coefficient (Wildman–Crippen LogP) is 1.83. The molecular weight excluding hydrogens is 248 g/mol. The first kappa shape index (κ1) is 15.9. The molecule has 0 aromatic heterocycles. The summed E-state index contributed by atoms with van der Waals surface area (Å²) in [4.78, 5) is 0. The fraction of sp³-hybridized carbons (Fsp3) is 1.00. The van der Waals surface area contributed by atoms with Crippen molar-refractivity contribution in [3.8, 4) is 0 Å². The summed E-state index contributed by atoms with van der Waals surface area (Å²) in [5.41, 5.74) is 0. The maximum absolute atomic E-state index is 12.2. The fourth-order valence-electron chi connectivity index (χ4n) is 2.46. The standard InChI is InChI=1S/C13H28N2O2S/c1-4-9-18(16,17)15-8-6-5-7-13(15)11-14-10-12(2)3/h12-14H,4-11H2,1-3H3. The molecule has 0 bridgehead atoms. The lowest BCUT2D eigenvalue weighted by atomic mass is 10.0. The van der Waals surface area contributed by atoms with Gasteiger partial charge in [0.15, 0.2) is 0 Å². The number of hydrogen-bond acceptors (Lipinski definition) is 3. The second kappa shape index (κ2) is 7.46. The molecule has 0 spiro atoms. The van der Waals surface area contributed by atoms with Gasteiger partial charge in [0, 0.05) is 19.1 Å². The first-order chi connectivity index (χ1) is 8.47. The lowest BCUT2D eigenvalue weighted by Gasteiger charge is -2.35. The van der Waals surface area contributed by atoms with Crippen molar-refractivity contribution in [1.82, 2.24) is 9.62 Å². The summed E-state index contributed by atoms with van der Waals surface area (Å²) in [6, 6.07) is 0.161. The van der Waals surface area contributed by atoms with E-state index in [0.717, 1.165) is 32.4 Å². The molecule has 18 heavy (non-hydrogen) atoms. The third-order valence-electron chi connectivity index (χ3n) is 3.33. The highest BCUT2D eigenvalue weighted by Gasteiger charge is 2.31. The van der Waals surface area contributed by atoms with Crippen molar-refractivity contribution in [2.24, 2.45) is 5.92 Å². The highest BCUT2D eigenvalue weighted by atomic mass is 32.2. The molecule has 0 radical (unpaired) electrons. The minimum atomic E-state index is -3.04. The van der Waals surface area contributed by atoms with Gasteiger partial charge < -0.3 is 5.32 Å². The van der Waals surface area contributed by atoms with Crippen molar-refractivity contribution in [2.75, 3.05) is 25.4 Å². The lowest BCUT2D eigenvalue weighted by molar-refractivity contribution is 0.244. The highest BCUT2D eigenvalue weighted by Crippen LogP contribution is 2.20. The third-order valence-corrected chi connectivity index (χ3v) is 5.44. The minimum absolute atomic E-state index is 0.161. The summed E-state index contributed by atoms with van der Waals surface area (Å²) in [6.45, 7) is 8.71. The Bertz CT molecular complexity index is 328. The van der Waals surface area contributed by atoms with E-state index in [9.17, 15) is 8.42 Å². The molecule has 0 aromatic rings. The van der Waals surface area contributed by atoms with Crippen molar-refractivity contribution >= 4 is 10.0 Å². The SMILES string of the molecule is CCCS(=O)(=O)N1CCCCC1CNCC(C)C. The molecule has 1 rings (SSSR count). The average Bonchev–Trinajstić information content (AvgIpc) is 2.29. The molecule has 0 aliphatic carbocycles. The van der Waals surface area contributed by atoms with Crippen molar-refractivity contribution in [1.29, 1.82) is 0 Å². The van der Waals surface area contributed by atoms with E-state index in [2.05, 4.69) is 19.2 Å². The molecule has 108 valence electrons. The van der Waals surface area contributed by atoms with Gasteiger partial charge >= 0.3 is 0 Å². The third kappa shape index (κ3) is 4.86. The quantitative estimate of drug-likeness (QED) is 0.772. The van der Waals surface area contributed by atoms with Gasteiger partial charge in [-0.1, -0.05) is 27.2 Å². The molecule has 0 saturated carbocycles. The molecule has 1 unspecified atom stereocenters. The molecule has 1 aliphatic heterocycles. The molecule has 0 aromatic carbocycles. The number of piperidine rings is 1. The van der Waals surface area contributed by atoms with Crippen molar-refractivity contribution in [2.45, 2.75) is 52.5 Å². The van der Waals surface area contributed by atoms with Gasteiger partial charge in [0.25, 0.3) is 0 Å². The number of nitrogens with zero attached hydrogens (tertiary/aromatic N) is 1.